The van der Waals surface area contributed by atoms with E-state index in [1.807, 2.05) is 50.2 Å². The van der Waals surface area contributed by atoms with Crippen LogP contribution in [0.5, 0.6) is 11.5 Å². The van der Waals surface area contributed by atoms with Crippen LogP contribution >= 0.6 is 11.3 Å². The number of rotatable bonds is 5. The van der Waals surface area contributed by atoms with Crippen LogP contribution in [0.4, 0.5) is 5.69 Å². The molecule has 1 aliphatic rings. The molecule has 2 aromatic carbocycles. The van der Waals surface area contributed by atoms with Crippen molar-refractivity contribution in [3.8, 4) is 11.5 Å². The average molecular weight is 369 g/mol. The maximum absolute atomic E-state index is 12.4. The molecule has 1 aliphatic heterocycles. The summed E-state index contributed by atoms with van der Waals surface area (Å²) in [5.41, 5.74) is 2.86. The summed E-state index contributed by atoms with van der Waals surface area (Å²) in [6.07, 6.45) is 0. The van der Waals surface area contributed by atoms with E-state index in [0.717, 1.165) is 38.0 Å². The molecule has 6 nitrogen and oxygen atoms in total. The Kier molecular flexibility index (Phi) is 4.38. The first-order valence-electron chi connectivity index (χ1n) is 8.38. The number of benzene rings is 2. The Labute approximate surface area is 155 Å². The number of carbonyl (C=O) groups is 1. The molecule has 0 unspecified atom stereocenters. The van der Waals surface area contributed by atoms with Gasteiger partial charge >= 0.3 is 0 Å². The monoisotopic (exact) mass is 369 g/mol. The van der Waals surface area contributed by atoms with E-state index in [0.29, 0.717) is 6.54 Å². The van der Waals surface area contributed by atoms with Gasteiger partial charge < -0.3 is 20.1 Å². The summed E-state index contributed by atoms with van der Waals surface area (Å²) in [6.45, 7) is 4.52. The third-order valence-electron chi connectivity index (χ3n) is 4.18. The van der Waals surface area contributed by atoms with Gasteiger partial charge in [0.1, 0.15) is 6.04 Å². The topological polar surface area (TPSA) is 72.5 Å². The van der Waals surface area contributed by atoms with Crippen LogP contribution in [0.25, 0.3) is 10.2 Å². The average Bonchev–Trinajstić information content (AvgIpc) is 3.23. The SMILES string of the molecule is Cc1nc2ccc(N[C@H](C)C(=O)NCc3ccc4c(c3)OCO4)cc2s1. The summed E-state index contributed by atoms with van der Waals surface area (Å²) >= 11 is 1.65. The molecule has 1 aromatic heterocycles. The highest BCUT2D eigenvalue weighted by atomic mass is 32.1. The highest BCUT2D eigenvalue weighted by molar-refractivity contribution is 7.18. The summed E-state index contributed by atoms with van der Waals surface area (Å²) < 4.78 is 11.8. The number of aryl methyl sites for hydroxylation is 1. The third-order valence-corrected chi connectivity index (χ3v) is 5.11. The minimum atomic E-state index is -0.351. The molecule has 0 radical (unpaired) electrons. The molecule has 2 heterocycles. The van der Waals surface area contributed by atoms with Crippen molar-refractivity contribution in [2.24, 2.45) is 0 Å². The maximum atomic E-state index is 12.4. The molecule has 0 saturated heterocycles. The van der Waals surface area contributed by atoms with E-state index in [9.17, 15) is 4.79 Å². The molecule has 1 atom stereocenters. The highest BCUT2D eigenvalue weighted by Gasteiger charge is 2.15. The summed E-state index contributed by atoms with van der Waals surface area (Å²) in [5.74, 6) is 1.39. The molecule has 3 aromatic rings. The van der Waals surface area contributed by atoms with Crippen LogP contribution in [0, 0.1) is 6.92 Å². The molecule has 7 heteroatoms. The second kappa shape index (κ2) is 6.84. The third kappa shape index (κ3) is 3.43. The largest absolute Gasteiger partial charge is 0.454 e. The zero-order valence-electron chi connectivity index (χ0n) is 14.5. The van der Waals surface area contributed by atoms with Crippen LogP contribution in [0.2, 0.25) is 0 Å². The van der Waals surface area contributed by atoms with Crippen molar-refractivity contribution in [3.63, 3.8) is 0 Å². The fourth-order valence-electron chi connectivity index (χ4n) is 2.84. The number of ether oxygens (including phenoxy) is 2. The fraction of sp³-hybridized carbons (Fsp3) is 0.263. The highest BCUT2D eigenvalue weighted by Crippen LogP contribution is 2.32. The minimum Gasteiger partial charge on any atom is -0.454 e. The fourth-order valence-corrected chi connectivity index (χ4v) is 3.70. The number of anilines is 1. The molecule has 2 N–H and O–H groups in total. The predicted molar refractivity (Wildman–Crippen MR) is 102 cm³/mol. The lowest BCUT2D eigenvalue weighted by atomic mass is 10.2. The van der Waals surface area contributed by atoms with Crippen LogP contribution in [0.15, 0.2) is 36.4 Å². The van der Waals surface area contributed by atoms with Crippen molar-refractivity contribution in [3.05, 3.63) is 47.0 Å². The number of fused-ring (bicyclic) bond motifs is 2. The van der Waals surface area contributed by atoms with Gasteiger partial charge in [0.2, 0.25) is 12.7 Å². The summed E-state index contributed by atoms with van der Waals surface area (Å²) in [7, 11) is 0. The number of carbonyl (C=O) groups excluding carboxylic acids is 1. The Bertz CT molecular complexity index is 970. The standard InChI is InChI=1S/C19H19N3O3S/c1-11(21-14-4-5-15-18(8-14)26-12(2)22-15)19(23)20-9-13-3-6-16-17(7-13)25-10-24-16/h3-8,11,21H,9-10H2,1-2H3,(H,20,23)/t11-/m1/s1. The van der Waals surface area contributed by atoms with Gasteiger partial charge in [-0.05, 0) is 49.7 Å². The van der Waals surface area contributed by atoms with E-state index >= 15 is 0 Å². The van der Waals surface area contributed by atoms with Gasteiger partial charge in [-0.3, -0.25) is 4.79 Å². The number of thiazole rings is 1. The van der Waals surface area contributed by atoms with Crippen molar-refractivity contribution >= 4 is 33.1 Å². The Morgan fingerprint density at radius 1 is 1.23 bits per heavy atom. The molecule has 0 fully saturated rings. The smallest absolute Gasteiger partial charge is 0.242 e. The van der Waals surface area contributed by atoms with E-state index in [4.69, 9.17) is 9.47 Å². The number of amides is 1. The van der Waals surface area contributed by atoms with Gasteiger partial charge in [0.15, 0.2) is 11.5 Å². The molecular formula is C19H19N3O3S. The lowest BCUT2D eigenvalue weighted by Gasteiger charge is -2.15. The van der Waals surface area contributed by atoms with Crippen molar-refractivity contribution in [1.82, 2.24) is 10.3 Å². The van der Waals surface area contributed by atoms with Gasteiger partial charge in [0.25, 0.3) is 0 Å². The first-order valence-corrected chi connectivity index (χ1v) is 9.20. The van der Waals surface area contributed by atoms with Gasteiger partial charge in [-0.1, -0.05) is 6.07 Å². The lowest BCUT2D eigenvalue weighted by Crippen LogP contribution is -2.37. The Morgan fingerprint density at radius 2 is 2.08 bits per heavy atom. The van der Waals surface area contributed by atoms with E-state index in [1.54, 1.807) is 11.3 Å². The number of nitrogens with one attached hydrogen (secondary N) is 2. The molecular weight excluding hydrogens is 350 g/mol. The molecule has 1 amide bonds. The molecule has 4 rings (SSSR count). The van der Waals surface area contributed by atoms with Crippen LogP contribution in [-0.2, 0) is 11.3 Å². The zero-order chi connectivity index (χ0) is 18.1. The summed E-state index contributed by atoms with van der Waals surface area (Å²) in [6, 6.07) is 11.3. The van der Waals surface area contributed by atoms with E-state index < -0.39 is 0 Å². The molecule has 134 valence electrons. The Hall–Kier alpha value is -2.80. The van der Waals surface area contributed by atoms with Gasteiger partial charge in [-0.2, -0.15) is 0 Å². The first kappa shape index (κ1) is 16.7. The van der Waals surface area contributed by atoms with Gasteiger partial charge in [0, 0.05) is 12.2 Å². The Balaban J connectivity index is 1.36. The van der Waals surface area contributed by atoms with Crippen molar-refractivity contribution in [2.75, 3.05) is 12.1 Å². The second-order valence-corrected chi connectivity index (χ2v) is 7.42. The van der Waals surface area contributed by atoms with Crippen LogP contribution in [0.1, 0.15) is 17.5 Å². The quantitative estimate of drug-likeness (QED) is 0.721. The van der Waals surface area contributed by atoms with Crippen LogP contribution in [0.3, 0.4) is 0 Å². The minimum absolute atomic E-state index is 0.0664. The van der Waals surface area contributed by atoms with Crippen molar-refractivity contribution in [2.45, 2.75) is 26.4 Å². The van der Waals surface area contributed by atoms with Crippen LogP contribution < -0.4 is 20.1 Å². The number of aromatic nitrogens is 1. The molecule has 0 bridgehead atoms. The van der Waals surface area contributed by atoms with E-state index in [2.05, 4.69) is 15.6 Å². The predicted octanol–water partition coefficient (Wildman–Crippen LogP) is 3.45. The summed E-state index contributed by atoms with van der Waals surface area (Å²) in [5, 5.41) is 7.22. The van der Waals surface area contributed by atoms with E-state index in [-0.39, 0.29) is 18.7 Å². The van der Waals surface area contributed by atoms with Crippen LogP contribution in [-0.4, -0.2) is 23.7 Å². The molecule has 26 heavy (non-hydrogen) atoms. The van der Waals surface area contributed by atoms with Gasteiger partial charge in [-0.15, -0.1) is 11.3 Å². The summed E-state index contributed by atoms with van der Waals surface area (Å²) in [4.78, 5) is 16.8. The maximum Gasteiger partial charge on any atom is 0.242 e. The van der Waals surface area contributed by atoms with Gasteiger partial charge in [0.05, 0.1) is 15.2 Å². The lowest BCUT2D eigenvalue weighted by molar-refractivity contribution is -0.121. The Morgan fingerprint density at radius 3 is 2.96 bits per heavy atom. The molecule has 0 saturated carbocycles. The second-order valence-electron chi connectivity index (χ2n) is 6.19. The number of hydrogen-bond donors (Lipinski definition) is 2. The molecule has 0 aliphatic carbocycles. The number of hydrogen-bond acceptors (Lipinski definition) is 6. The molecule has 0 spiro atoms. The number of nitrogens with zero attached hydrogens (tertiary/aromatic N) is 1. The first-order chi connectivity index (χ1) is 12.6. The van der Waals surface area contributed by atoms with E-state index in [1.165, 1.54) is 0 Å². The van der Waals surface area contributed by atoms with Crippen molar-refractivity contribution < 1.29 is 14.3 Å². The van der Waals surface area contributed by atoms with Gasteiger partial charge in [-0.25, -0.2) is 4.98 Å². The zero-order valence-corrected chi connectivity index (χ0v) is 15.4. The normalized spacial score (nSPS) is 13.6. The van der Waals surface area contributed by atoms with Crippen molar-refractivity contribution in [1.29, 1.82) is 0 Å².